The molecule has 2 heterocycles. The number of nitrogens with zero attached hydrogens (tertiary/aromatic N) is 3. The van der Waals surface area contributed by atoms with Crippen LogP contribution in [0.25, 0.3) is 0 Å². The van der Waals surface area contributed by atoms with Gasteiger partial charge in [-0.1, -0.05) is 35.9 Å². The Morgan fingerprint density at radius 3 is 2.80 bits per heavy atom. The molecule has 0 saturated carbocycles. The van der Waals surface area contributed by atoms with Crippen LogP contribution in [0.3, 0.4) is 0 Å². The number of morpholine rings is 1. The summed E-state index contributed by atoms with van der Waals surface area (Å²) in [6.07, 6.45) is 0.643. The van der Waals surface area contributed by atoms with Gasteiger partial charge < -0.3 is 9.47 Å². The molecule has 1 saturated heterocycles. The highest BCUT2D eigenvalue weighted by atomic mass is 35.5. The highest BCUT2D eigenvalue weighted by Gasteiger charge is 2.25. The van der Waals surface area contributed by atoms with E-state index in [1.807, 2.05) is 48.1 Å². The summed E-state index contributed by atoms with van der Waals surface area (Å²) in [6, 6.07) is 16.2. The lowest BCUT2D eigenvalue weighted by molar-refractivity contribution is -0.0352. The quantitative estimate of drug-likeness (QED) is 0.557. The van der Waals surface area contributed by atoms with Crippen LogP contribution in [0.5, 0.6) is 5.75 Å². The smallest absolute Gasteiger partial charge is 0.137 e. The first kappa shape index (κ1) is 20.8. The molecular formula is C23H25ClFN3O2. The molecule has 1 unspecified atom stereocenters. The monoisotopic (exact) mass is 429 g/mol. The number of hydrogen-bond acceptors (Lipinski definition) is 4. The van der Waals surface area contributed by atoms with E-state index in [0.29, 0.717) is 24.0 Å². The largest absolute Gasteiger partial charge is 0.492 e. The van der Waals surface area contributed by atoms with Gasteiger partial charge in [0.2, 0.25) is 0 Å². The highest BCUT2D eigenvalue weighted by molar-refractivity contribution is 6.32. The van der Waals surface area contributed by atoms with Crippen molar-refractivity contribution in [2.75, 3.05) is 26.3 Å². The lowest BCUT2D eigenvalue weighted by Gasteiger charge is -2.32. The molecule has 7 heteroatoms. The van der Waals surface area contributed by atoms with Crippen LogP contribution in [0.4, 0.5) is 4.39 Å². The molecule has 0 spiro atoms. The zero-order valence-corrected chi connectivity index (χ0v) is 17.7. The van der Waals surface area contributed by atoms with Gasteiger partial charge in [-0.2, -0.15) is 5.10 Å². The van der Waals surface area contributed by atoms with Gasteiger partial charge in [-0.25, -0.2) is 4.39 Å². The van der Waals surface area contributed by atoms with Crippen LogP contribution >= 0.6 is 11.6 Å². The first-order valence-corrected chi connectivity index (χ1v) is 10.4. The molecule has 5 nitrogen and oxygen atoms in total. The molecule has 0 amide bonds. The molecule has 1 atom stereocenters. The fraction of sp³-hybridized carbons (Fsp3) is 0.348. The first-order chi connectivity index (χ1) is 14.6. The molecule has 1 aromatic heterocycles. The molecule has 0 aliphatic carbocycles. The number of halogens is 2. The number of rotatable bonds is 7. The second-order valence-electron chi connectivity index (χ2n) is 7.43. The van der Waals surface area contributed by atoms with Crippen molar-refractivity contribution in [3.63, 3.8) is 0 Å². The fourth-order valence-corrected chi connectivity index (χ4v) is 3.81. The van der Waals surface area contributed by atoms with Gasteiger partial charge in [-0.3, -0.25) is 9.58 Å². The van der Waals surface area contributed by atoms with Gasteiger partial charge in [0.05, 0.1) is 23.9 Å². The third-order valence-electron chi connectivity index (χ3n) is 5.25. The van der Waals surface area contributed by atoms with E-state index in [-0.39, 0.29) is 11.9 Å². The number of ether oxygens (including phenoxy) is 2. The SMILES string of the molecule is Cn1nc(C2CN(Cc3ccc(F)cc3)CCO2)cc1CCOc1ccccc1Cl. The molecule has 0 bridgehead atoms. The minimum atomic E-state index is -0.210. The molecule has 4 rings (SSSR count). The summed E-state index contributed by atoms with van der Waals surface area (Å²) in [5.74, 6) is 0.478. The standard InChI is InChI=1S/C23H25ClFN3O2/c1-27-19(10-12-29-22-5-3-2-4-20(22)24)14-21(26-27)23-16-28(11-13-30-23)15-17-6-8-18(25)9-7-17/h2-9,14,23H,10-13,15-16H2,1H3. The minimum absolute atomic E-state index is 0.0800. The van der Waals surface area contributed by atoms with Crippen LogP contribution in [0.15, 0.2) is 54.6 Å². The molecular weight excluding hydrogens is 405 g/mol. The van der Waals surface area contributed by atoms with Gasteiger partial charge in [0.1, 0.15) is 17.7 Å². The summed E-state index contributed by atoms with van der Waals surface area (Å²) >= 11 is 6.14. The molecule has 0 N–H and O–H groups in total. The van der Waals surface area contributed by atoms with Gasteiger partial charge in [-0.05, 0) is 35.9 Å². The summed E-state index contributed by atoms with van der Waals surface area (Å²) in [5, 5.41) is 5.28. The molecule has 1 fully saturated rings. The topological polar surface area (TPSA) is 39.5 Å². The van der Waals surface area contributed by atoms with Crippen LogP contribution in [-0.4, -0.2) is 41.0 Å². The second-order valence-corrected chi connectivity index (χ2v) is 7.84. The second kappa shape index (κ2) is 9.60. The summed E-state index contributed by atoms with van der Waals surface area (Å²) in [7, 11) is 1.94. The number of hydrogen-bond donors (Lipinski definition) is 0. The molecule has 0 radical (unpaired) electrons. The Morgan fingerprint density at radius 1 is 1.20 bits per heavy atom. The Bertz CT molecular complexity index is 977. The zero-order valence-electron chi connectivity index (χ0n) is 16.9. The summed E-state index contributed by atoms with van der Waals surface area (Å²) in [4.78, 5) is 2.32. The van der Waals surface area contributed by atoms with Crippen molar-refractivity contribution in [1.82, 2.24) is 14.7 Å². The van der Waals surface area contributed by atoms with E-state index in [0.717, 1.165) is 43.0 Å². The Kier molecular flexibility index (Phi) is 6.67. The third kappa shape index (κ3) is 5.19. The lowest BCUT2D eigenvalue weighted by atomic mass is 10.1. The first-order valence-electron chi connectivity index (χ1n) is 10.1. The Labute approximate surface area is 181 Å². The normalized spacial score (nSPS) is 17.2. The molecule has 30 heavy (non-hydrogen) atoms. The van der Waals surface area contributed by atoms with E-state index in [4.69, 9.17) is 21.1 Å². The predicted octanol–water partition coefficient (Wildman–Crippen LogP) is 4.41. The molecule has 2 aromatic carbocycles. The van der Waals surface area contributed by atoms with Crippen LogP contribution in [-0.2, 0) is 24.8 Å². The van der Waals surface area contributed by atoms with E-state index >= 15 is 0 Å². The Morgan fingerprint density at radius 2 is 2.00 bits per heavy atom. The van der Waals surface area contributed by atoms with Crippen molar-refractivity contribution >= 4 is 11.6 Å². The van der Waals surface area contributed by atoms with Crippen LogP contribution in [0.1, 0.15) is 23.1 Å². The maximum atomic E-state index is 13.1. The van der Waals surface area contributed by atoms with Crippen molar-refractivity contribution < 1.29 is 13.9 Å². The van der Waals surface area contributed by atoms with Crippen molar-refractivity contribution in [2.45, 2.75) is 19.1 Å². The maximum absolute atomic E-state index is 13.1. The van der Waals surface area contributed by atoms with Gasteiger partial charge in [-0.15, -0.1) is 0 Å². The Balaban J connectivity index is 1.34. The Hall–Kier alpha value is -2.41. The van der Waals surface area contributed by atoms with Gasteiger partial charge >= 0.3 is 0 Å². The average Bonchev–Trinajstić information content (AvgIpc) is 3.12. The fourth-order valence-electron chi connectivity index (χ4n) is 3.62. The number of aromatic nitrogens is 2. The van der Waals surface area contributed by atoms with E-state index in [1.54, 1.807) is 0 Å². The van der Waals surface area contributed by atoms with Crippen molar-refractivity contribution in [3.8, 4) is 5.75 Å². The number of aryl methyl sites for hydroxylation is 1. The van der Waals surface area contributed by atoms with E-state index in [9.17, 15) is 4.39 Å². The highest BCUT2D eigenvalue weighted by Crippen LogP contribution is 2.25. The van der Waals surface area contributed by atoms with Gasteiger partial charge in [0, 0.05) is 38.8 Å². The molecule has 1 aliphatic heterocycles. The number of benzene rings is 2. The summed E-state index contributed by atoms with van der Waals surface area (Å²) in [6.45, 7) is 3.53. The zero-order chi connectivity index (χ0) is 20.9. The third-order valence-corrected chi connectivity index (χ3v) is 5.56. The van der Waals surface area contributed by atoms with Gasteiger partial charge in [0.25, 0.3) is 0 Å². The summed E-state index contributed by atoms with van der Waals surface area (Å²) in [5.41, 5.74) is 3.10. The van der Waals surface area contributed by atoms with E-state index in [2.05, 4.69) is 16.1 Å². The maximum Gasteiger partial charge on any atom is 0.137 e. The molecule has 3 aromatic rings. The van der Waals surface area contributed by atoms with Gasteiger partial charge in [0.15, 0.2) is 0 Å². The van der Waals surface area contributed by atoms with Crippen molar-refractivity contribution in [1.29, 1.82) is 0 Å². The lowest BCUT2D eigenvalue weighted by Crippen LogP contribution is -2.38. The predicted molar refractivity (Wildman–Crippen MR) is 114 cm³/mol. The van der Waals surface area contributed by atoms with E-state index < -0.39 is 0 Å². The average molecular weight is 430 g/mol. The van der Waals surface area contributed by atoms with Crippen LogP contribution < -0.4 is 4.74 Å². The van der Waals surface area contributed by atoms with E-state index in [1.165, 1.54) is 12.1 Å². The molecule has 158 valence electrons. The summed E-state index contributed by atoms with van der Waals surface area (Å²) < 4.78 is 26.8. The van der Waals surface area contributed by atoms with Crippen LogP contribution in [0.2, 0.25) is 5.02 Å². The van der Waals surface area contributed by atoms with Crippen molar-refractivity contribution in [2.24, 2.45) is 7.05 Å². The van der Waals surface area contributed by atoms with Crippen LogP contribution in [0, 0.1) is 5.82 Å². The number of para-hydroxylation sites is 1. The minimum Gasteiger partial charge on any atom is -0.492 e. The van der Waals surface area contributed by atoms with Crippen molar-refractivity contribution in [3.05, 3.63) is 82.4 Å². The molecule has 1 aliphatic rings.